The molecule has 7 heteroatoms. The van der Waals surface area contributed by atoms with Gasteiger partial charge in [0.1, 0.15) is 0 Å². The highest BCUT2D eigenvalue weighted by Crippen LogP contribution is 2.13. The Labute approximate surface area is 173 Å². The Morgan fingerprint density at radius 2 is 1.92 bits per heavy atom. The van der Waals surface area contributed by atoms with Gasteiger partial charge in [-0.2, -0.15) is 0 Å². The molecule has 1 fully saturated rings. The molecule has 1 aliphatic heterocycles. The molecule has 0 radical (unpaired) electrons. The maximum absolute atomic E-state index is 12.0. The summed E-state index contributed by atoms with van der Waals surface area (Å²) in [5, 5.41) is 6.23. The van der Waals surface area contributed by atoms with E-state index < -0.39 is 0 Å². The number of benzene rings is 1. The summed E-state index contributed by atoms with van der Waals surface area (Å²) in [4.78, 5) is 18.5. The van der Waals surface area contributed by atoms with Gasteiger partial charge in [0.25, 0.3) is 0 Å². The second-order valence-corrected chi connectivity index (χ2v) is 6.13. The summed E-state index contributed by atoms with van der Waals surface area (Å²) >= 11 is 0. The van der Waals surface area contributed by atoms with Crippen LogP contribution >= 0.6 is 24.0 Å². The molecule has 2 N–H and O–H groups in total. The van der Waals surface area contributed by atoms with Crippen molar-refractivity contribution in [2.24, 2.45) is 4.99 Å². The number of likely N-dealkylation sites (tertiary alicyclic amines) is 1. The largest absolute Gasteiger partial charge is 0.378 e. The van der Waals surface area contributed by atoms with E-state index in [1.54, 1.807) is 7.05 Å². The number of carbonyl (C=O) groups is 1. The van der Waals surface area contributed by atoms with Crippen LogP contribution in [0.5, 0.6) is 0 Å². The Morgan fingerprint density at radius 3 is 2.54 bits per heavy atom. The molecule has 1 aliphatic rings. The minimum Gasteiger partial charge on any atom is -0.378 e. The Bertz CT molecular complexity index is 546. The van der Waals surface area contributed by atoms with Crippen LogP contribution in [0.15, 0.2) is 35.3 Å². The van der Waals surface area contributed by atoms with Crippen molar-refractivity contribution in [3.05, 3.63) is 35.9 Å². The van der Waals surface area contributed by atoms with Crippen LogP contribution in [0.4, 0.5) is 0 Å². The van der Waals surface area contributed by atoms with Crippen molar-refractivity contribution in [3.63, 3.8) is 0 Å². The molecular weight excluding hydrogens is 443 g/mol. The molecular formula is C19H31IN4O2. The summed E-state index contributed by atoms with van der Waals surface area (Å²) in [6, 6.07) is 9.93. The summed E-state index contributed by atoms with van der Waals surface area (Å²) in [5.74, 6) is 0.910. The number of halogens is 1. The molecule has 0 saturated carbocycles. The van der Waals surface area contributed by atoms with Crippen LogP contribution in [0.2, 0.25) is 0 Å². The minimum atomic E-state index is 0. The van der Waals surface area contributed by atoms with Gasteiger partial charge < -0.3 is 20.3 Å². The summed E-state index contributed by atoms with van der Waals surface area (Å²) < 4.78 is 5.68. The van der Waals surface area contributed by atoms with Crippen molar-refractivity contribution in [2.75, 3.05) is 33.3 Å². The van der Waals surface area contributed by atoms with Gasteiger partial charge in [0.2, 0.25) is 5.91 Å². The van der Waals surface area contributed by atoms with Crippen LogP contribution < -0.4 is 10.6 Å². The SMILES string of the molecule is CCOC1CCN(C(=NC)NCCC(=O)NCc2ccccc2)CC1.I. The average molecular weight is 474 g/mol. The molecule has 0 spiro atoms. The Hall–Kier alpha value is -1.35. The number of ether oxygens (including phenoxy) is 1. The van der Waals surface area contributed by atoms with E-state index >= 15 is 0 Å². The first-order chi connectivity index (χ1) is 12.2. The number of piperidine rings is 1. The lowest BCUT2D eigenvalue weighted by atomic mass is 10.1. The van der Waals surface area contributed by atoms with Gasteiger partial charge in [0, 0.05) is 46.3 Å². The van der Waals surface area contributed by atoms with Crippen LogP contribution in [0.3, 0.4) is 0 Å². The van der Waals surface area contributed by atoms with Crippen molar-refractivity contribution in [3.8, 4) is 0 Å². The van der Waals surface area contributed by atoms with Crippen LogP contribution in [0.1, 0.15) is 31.7 Å². The molecule has 0 aromatic heterocycles. The molecule has 1 aromatic rings. The van der Waals surface area contributed by atoms with E-state index in [9.17, 15) is 4.79 Å². The molecule has 0 bridgehead atoms. The van der Waals surface area contributed by atoms with Gasteiger partial charge in [-0.25, -0.2) is 0 Å². The number of nitrogens with one attached hydrogen (secondary N) is 2. The monoisotopic (exact) mass is 474 g/mol. The second kappa shape index (κ2) is 12.9. The Morgan fingerprint density at radius 1 is 1.23 bits per heavy atom. The lowest BCUT2D eigenvalue weighted by Gasteiger charge is -2.34. The smallest absolute Gasteiger partial charge is 0.222 e. The van der Waals surface area contributed by atoms with Crippen molar-refractivity contribution < 1.29 is 9.53 Å². The van der Waals surface area contributed by atoms with Gasteiger partial charge in [-0.15, -0.1) is 24.0 Å². The Balaban J connectivity index is 0.00000338. The van der Waals surface area contributed by atoms with Crippen molar-refractivity contribution in [2.45, 2.75) is 38.8 Å². The van der Waals surface area contributed by atoms with E-state index in [4.69, 9.17) is 4.74 Å². The number of guanidine groups is 1. The molecule has 1 aromatic carbocycles. The van der Waals surface area contributed by atoms with Crippen molar-refractivity contribution in [1.82, 2.24) is 15.5 Å². The average Bonchev–Trinajstić information content (AvgIpc) is 2.65. The van der Waals surface area contributed by atoms with Gasteiger partial charge in [-0.3, -0.25) is 9.79 Å². The molecule has 26 heavy (non-hydrogen) atoms. The standard InChI is InChI=1S/C19H30N4O2.HI/c1-3-25-17-10-13-23(14-11-17)19(20-2)21-12-9-18(24)22-15-16-7-5-4-6-8-16;/h4-8,17H,3,9-15H2,1-2H3,(H,20,21)(H,22,24);1H. The lowest BCUT2D eigenvalue weighted by molar-refractivity contribution is -0.121. The van der Waals surface area contributed by atoms with E-state index in [1.807, 2.05) is 37.3 Å². The summed E-state index contributed by atoms with van der Waals surface area (Å²) in [5.41, 5.74) is 1.11. The maximum atomic E-state index is 12.0. The number of aliphatic imine (C=N–C) groups is 1. The highest BCUT2D eigenvalue weighted by Gasteiger charge is 2.21. The number of hydrogen-bond acceptors (Lipinski definition) is 3. The van der Waals surface area contributed by atoms with Crippen LogP contribution in [-0.2, 0) is 16.1 Å². The molecule has 1 saturated heterocycles. The van der Waals surface area contributed by atoms with Crippen molar-refractivity contribution >= 4 is 35.8 Å². The zero-order valence-corrected chi connectivity index (χ0v) is 18.1. The highest BCUT2D eigenvalue weighted by atomic mass is 127. The van der Waals surface area contributed by atoms with E-state index in [1.165, 1.54) is 0 Å². The predicted molar refractivity (Wildman–Crippen MR) is 116 cm³/mol. The zero-order chi connectivity index (χ0) is 17.9. The number of carbonyl (C=O) groups excluding carboxylic acids is 1. The summed E-state index contributed by atoms with van der Waals surface area (Å²) in [7, 11) is 1.78. The number of nitrogens with zero attached hydrogens (tertiary/aromatic N) is 2. The fourth-order valence-electron chi connectivity index (χ4n) is 2.97. The third-order valence-electron chi connectivity index (χ3n) is 4.32. The van der Waals surface area contributed by atoms with Gasteiger partial charge in [0.05, 0.1) is 6.10 Å². The fourth-order valence-corrected chi connectivity index (χ4v) is 2.97. The van der Waals surface area contributed by atoms with E-state index in [-0.39, 0.29) is 29.9 Å². The second-order valence-electron chi connectivity index (χ2n) is 6.13. The number of amides is 1. The lowest BCUT2D eigenvalue weighted by Crippen LogP contribution is -2.47. The first kappa shape index (κ1) is 22.7. The first-order valence-corrected chi connectivity index (χ1v) is 9.10. The Kier molecular flexibility index (Phi) is 11.3. The summed E-state index contributed by atoms with van der Waals surface area (Å²) in [6.07, 6.45) is 2.84. The zero-order valence-electron chi connectivity index (χ0n) is 15.7. The molecule has 2 rings (SSSR count). The molecule has 1 heterocycles. The summed E-state index contributed by atoms with van der Waals surface area (Å²) in [6.45, 7) is 5.83. The van der Waals surface area contributed by atoms with Gasteiger partial charge in [0.15, 0.2) is 5.96 Å². The fraction of sp³-hybridized carbons (Fsp3) is 0.579. The normalized spacial score (nSPS) is 15.3. The highest BCUT2D eigenvalue weighted by molar-refractivity contribution is 14.0. The molecule has 0 unspecified atom stereocenters. The van der Waals surface area contributed by atoms with E-state index in [2.05, 4.69) is 20.5 Å². The number of rotatable bonds is 7. The van der Waals surface area contributed by atoms with Crippen LogP contribution in [0.25, 0.3) is 0 Å². The molecule has 0 atom stereocenters. The maximum Gasteiger partial charge on any atom is 0.222 e. The molecule has 0 aliphatic carbocycles. The van der Waals surface area contributed by atoms with E-state index in [0.29, 0.717) is 25.6 Å². The van der Waals surface area contributed by atoms with Crippen LogP contribution in [-0.4, -0.2) is 56.2 Å². The first-order valence-electron chi connectivity index (χ1n) is 9.10. The van der Waals surface area contributed by atoms with E-state index in [0.717, 1.165) is 44.1 Å². The molecule has 146 valence electrons. The van der Waals surface area contributed by atoms with Gasteiger partial charge >= 0.3 is 0 Å². The third-order valence-corrected chi connectivity index (χ3v) is 4.32. The van der Waals surface area contributed by atoms with Crippen LogP contribution in [0, 0.1) is 0 Å². The third kappa shape index (κ3) is 7.90. The minimum absolute atomic E-state index is 0. The van der Waals surface area contributed by atoms with Gasteiger partial charge in [-0.1, -0.05) is 30.3 Å². The van der Waals surface area contributed by atoms with Crippen molar-refractivity contribution in [1.29, 1.82) is 0 Å². The quantitative estimate of drug-likeness (QED) is 0.362. The topological polar surface area (TPSA) is 66.0 Å². The van der Waals surface area contributed by atoms with Gasteiger partial charge in [-0.05, 0) is 25.3 Å². The number of hydrogen-bond donors (Lipinski definition) is 2. The molecule has 6 nitrogen and oxygen atoms in total. The predicted octanol–water partition coefficient (Wildman–Crippen LogP) is 2.39. The molecule has 1 amide bonds.